The van der Waals surface area contributed by atoms with Gasteiger partial charge in [0.05, 0.1) is 29.8 Å². The van der Waals surface area contributed by atoms with Gasteiger partial charge in [0.1, 0.15) is 11.5 Å². The third kappa shape index (κ3) is 2.88. The lowest BCUT2D eigenvalue weighted by molar-refractivity contribution is -0.137. The molecule has 0 saturated heterocycles. The van der Waals surface area contributed by atoms with Gasteiger partial charge in [0, 0.05) is 12.3 Å². The third-order valence-electron chi connectivity index (χ3n) is 2.01. The molecule has 0 bridgehead atoms. The monoisotopic (exact) mass is 255 g/mol. The van der Waals surface area contributed by atoms with Crippen LogP contribution in [0, 0.1) is 0 Å². The summed E-state index contributed by atoms with van der Waals surface area (Å²) in [5.74, 6) is 0.216. The van der Waals surface area contributed by atoms with Gasteiger partial charge in [-0.3, -0.25) is 9.97 Å². The predicted octanol–water partition coefficient (Wildman–Crippen LogP) is 2.87. The molecule has 7 heteroatoms. The van der Waals surface area contributed by atoms with Gasteiger partial charge >= 0.3 is 6.18 Å². The van der Waals surface area contributed by atoms with Crippen molar-refractivity contribution in [1.82, 2.24) is 9.97 Å². The number of anilines is 1. The number of hydrogen-bond acceptors (Lipinski definition) is 4. The van der Waals surface area contributed by atoms with E-state index in [0.29, 0.717) is 5.69 Å². The van der Waals surface area contributed by atoms with Crippen LogP contribution >= 0.6 is 0 Å². The van der Waals surface area contributed by atoms with Crippen LogP contribution in [0.4, 0.5) is 18.9 Å². The number of ether oxygens (including phenoxy) is 1. The molecule has 0 saturated carbocycles. The quantitative estimate of drug-likeness (QED) is 0.896. The second-order valence-electron chi connectivity index (χ2n) is 3.46. The van der Waals surface area contributed by atoms with E-state index in [1.165, 1.54) is 24.7 Å². The van der Waals surface area contributed by atoms with E-state index in [4.69, 9.17) is 10.5 Å². The number of aromatic nitrogens is 2. The Kier molecular flexibility index (Phi) is 3.05. The lowest BCUT2D eigenvalue weighted by atomic mass is 10.3. The highest BCUT2D eigenvalue weighted by Gasteiger charge is 2.31. The molecule has 2 rings (SSSR count). The number of rotatable bonds is 2. The first-order chi connectivity index (χ1) is 8.45. The SMILES string of the molecule is Nc1cncc(Oc2cncc(C(F)(F)F)c2)c1. The topological polar surface area (TPSA) is 61.0 Å². The molecule has 2 aromatic heterocycles. The van der Waals surface area contributed by atoms with Crippen LogP contribution in [-0.4, -0.2) is 9.97 Å². The summed E-state index contributed by atoms with van der Waals surface area (Å²) in [4.78, 5) is 7.23. The molecule has 0 amide bonds. The zero-order valence-corrected chi connectivity index (χ0v) is 8.98. The Morgan fingerprint density at radius 1 is 0.944 bits per heavy atom. The van der Waals surface area contributed by atoms with Crippen molar-refractivity contribution in [3.63, 3.8) is 0 Å². The van der Waals surface area contributed by atoms with Crippen LogP contribution in [0.5, 0.6) is 11.5 Å². The second-order valence-corrected chi connectivity index (χ2v) is 3.46. The third-order valence-corrected chi connectivity index (χ3v) is 2.01. The standard InChI is InChI=1S/C11H8F3N3O/c12-11(13,14)7-1-9(5-16-3-7)18-10-2-8(15)4-17-6-10/h1-6H,15H2. The lowest BCUT2D eigenvalue weighted by Gasteiger charge is -2.09. The Bertz CT molecular complexity index is 557. The fraction of sp³-hybridized carbons (Fsp3) is 0.0909. The minimum atomic E-state index is -4.46. The molecule has 94 valence electrons. The summed E-state index contributed by atoms with van der Waals surface area (Å²) in [5.41, 5.74) is 4.95. The maximum absolute atomic E-state index is 12.4. The molecule has 2 aromatic rings. The smallest absolute Gasteiger partial charge is 0.418 e. The van der Waals surface area contributed by atoms with E-state index in [1.807, 2.05) is 0 Å². The number of pyridine rings is 2. The van der Waals surface area contributed by atoms with E-state index in [-0.39, 0.29) is 11.5 Å². The van der Waals surface area contributed by atoms with Crippen LogP contribution < -0.4 is 10.5 Å². The van der Waals surface area contributed by atoms with Crippen molar-refractivity contribution < 1.29 is 17.9 Å². The molecule has 4 nitrogen and oxygen atoms in total. The molecule has 0 fully saturated rings. The van der Waals surface area contributed by atoms with Crippen molar-refractivity contribution in [3.05, 3.63) is 42.5 Å². The molecule has 0 aliphatic rings. The zero-order chi connectivity index (χ0) is 13.2. The minimum absolute atomic E-state index is 0.0303. The Morgan fingerprint density at radius 3 is 2.17 bits per heavy atom. The number of nitrogen functional groups attached to an aromatic ring is 1. The van der Waals surface area contributed by atoms with Crippen LogP contribution in [-0.2, 0) is 6.18 Å². The highest BCUT2D eigenvalue weighted by Crippen LogP contribution is 2.31. The molecular formula is C11H8F3N3O. The van der Waals surface area contributed by atoms with Gasteiger partial charge in [-0.25, -0.2) is 0 Å². The molecule has 2 N–H and O–H groups in total. The Morgan fingerprint density at radius 2 is 1.56 bits per heavy atom. The molecule has 0 aliphatic heterocycles. The highest BCUT2D eigenvalue weighted by atomic mass is 19.4. The fourth-order valence-electron chi connectivity index (χ4n) is 1.26. The largest absolute Gasteiger partial charge is 0.454 e. The summed E-state index contributed by atoms with van der Waals surface area (Å²) < 4.78 is 42.5. The summed E-state index contributed by atoms with van der Waals surface area (Å²) in [5, 5.41) is 0. The first kappa shape index (κ1) is 12.2. The molecule has 0 atom stereocenters. The molecule has 0 aromatic carbocycles. The Labute approximate surface area is 100 Å². The van der Waals surface area contributed by atoms with E-state index in [0.717, 1.165) is 12.3 Å². The van der Waals surface area contributed by atoms with Crippen molar-refractivity contribution in [2.75, 3.05) is 5.73 Å². The van der Waals surface area contributed by atoms with Crippen LogP contribution in [0.3, 0.4) is 0 Å². The summed E-state index contributed by atoms with van der Waals surface area (Å²) in [7, 11) is 0. The number of nitrogens with two attached hydrogens (primary N) is 1. The Hall–Kier alpha value is -2.31. The predicted molar refractivity (Wildman–Crippen MR) is 58.0 cm³/mol. The normalized spacial score (nSPS) is 11.3. The van der Waals surface area contributed by atoms with E-state index in [1.54, 1.807) is 0 Å². The van der Waals surface area contributed by atoms with Gasteiger partial charge in [0.2, 0.25) is 0 Å². The molecule has 0 aliphatic carbocycles. The summed E-state index contributed by atoms with van der Waals surface area (Å²) in [6, 6.07) is 2.31. The van der Waals surface area contributed by atoms with Crippen LogP contribution in [0.15, 0.2) is 36.9 Å². The fourth-order valence-corrected chi connectivity index (χ4v) is 1.26. The van der Waals surface area contributed by atoms with E-state index in [9.17, 15) is 13.2 Å². The van der Waals surface area contributed by atoms with Crippen LogP contribution in [0.2, 0.25) is 0 Å². The van der Waals surface area contributed by atoms with E-state index in [2.05, 4.69) is 9.97 Å². The van der Waals surface area contributed by atoms with Crippen molar-refractivity contribution in [1.29, 1.82) is 0 Å². The maximum atomic E-state index is 12.4. The van der Waals surface area contributed by atoms with Crippen molar-refractivity contribution in [3.8, 4) is 11.5 Å². The molecule has 0 spiro atoms. The van der Waals surface area contributed by atoms with Gasteiger partial charge in [-0.15, -0.1) is 0 Å². The molecule has 2 heterocycles. The van der Waals surface area contributed by atoms with E-state index < -0.39 is 11.7 Å². The highest BCUT2D eigenvalue weighted by molar-refractivity contribution is 5.41. The van der Waals surface area contributed by atoms with Gasteiger partial charge in [-0.2, -0.15) is 13.2 Å². The number of hydrogen-bond donors (Lipinski definition) is 1. The minimum Gasteiger partial charge on any atom is -0.454 e. The first-order valence-electron chi connectivity index (χ1n) is 4.86. The van der Waals surface area contributed by atoms with Gasteiger partial charge in [-0.05, 0) is 6.07 Å². The average Bonchev–Trinajstić information content (AvgIpc) is 2.28. The second kappa shape index (κ2) is 4.52. The maximum Gasteiger partial charge on any atom is 0.418 e. The van der Waals surface area contributed by atoms with Gasteiger partial charge in [0.15, 0.2) is 0 Å². The summed E-state index contributed by atoms with van der Waals surface area (Å²) in [6.45, 7) is 0. The lowest BCUT2D eigenvalue weighted by Crippen LogP contribution is -2.05. The number of alkyl halides is 3. The average molecular weight is 255 g/mol. The zero-order valence-electron chi connectivity index (χ0n) is 8.98. The summed E-state index contributed by atoms with van der Waals surface area (Å²) >= 11 is 0. The molecule has 0 unspecified atom stereocenters. The van der Waals surface area contributed by atoms with E-state index >= 15 is 0 Å². The number of nitrogens with zero attached hydrogens (tertiary/aromatic N) is 2. The summed E-state index contributed by atoms with van der Waals surface area (Å²) in [6.07, 6.45) is 0.192. The Balaban J connectivity index is 2.25. The van der Waals surface area contributed by atoms with Gasteiger partial charge in [0.25, 0.3) is 0 Å². The van der Waals surface area contributed by atoms with Crippen LogP contribution in [0.1, 0.15) is 5.56 Å². The van der Waals surface area contributed by atoms with Crippen molar-refractivity contribution in [2.24, 2.45) is 0 Å². The van der Waals surface area contributed by atoms with Crippen LogP contribution in [0.25, 0.3) is 0 Å². The molecule has 0 radical (unpaired) electrons. The number of halogens is 3. The molecule has 18 heavy (non-hydrogen) atoms. The first-order valence-corrected chi connectivity index (χ1v) is 4.86. The van der Waals surface area contributed by atoms with Crippen molar-refractivity contribution >= 4 is 5.69 Å². The van der Waals surface area contributed by atoms with Crippen molar-refractivity contribution in [2.45, 2.75) is 6.18 Å². The molecular weight excluding hydrogens is 247 g/mol. The van der Waals surface area contributed by atoms with Gasteiger partial charge in [-0.1, -0.05) is 0 Å². The van der Waals surface area contributed by atoms with Gasteiger partial charge < -0.3 is 10.5 Å².